The van der Waals surface area contributed by atoms with Crippen LogP contribution in [0.15, 0.2) is 60.7 Å². The van der Waals surface area contributed by atoms with Gasteiger partial charge in [-0.1, -0.05) is 0 Å². The summed E-state index contributed by atoms with van der Waals surface area (Å²) in [6.07, 6.45) is -0.324. The molecule has 222 valence electrons. The van der Waals surface area contributed by atoms with Gasteiger partial charge in [0, 0.05) is 48.8 Å². The first-order valence-corrected chi connectivity index (χ1v) is 17.5. The van der Waals surface area contributed by atoms with Gasteiger partial charge in [0.15, 0.2) is 0 Å². The molecule has 6 aromatic rings. The van der Waals surface area contributed by atoms with Crippen molar-refractivity contribution in [1.29, 1.82) is 0 Å². The van der Waals surface area contributed by atoms with Crippen LogP contribution >= 0.6 is 68.0 Å². The van der Waals surface area contributed by atoms with E-state index in [4.69, 9.17) is 0 Å². The van der Waals surface area contributed by atoms with Crippen LogP contribution in [0.3, 0.4) is 0 Å². The van der Waals surface area contributed by atoms with Crippen LogP contribution in [0.25, 0.3) is 48.8 Å². The largest absolute Gasteiger partial charge is 0.481 e. The number of hydrogen-bond acceptors (Lipinski definition) is 10. The van der Waals surface area contributed by atoms with E-state index in [1.54, 1.807) is 24.3 Å². The van der Waals surface area contributed by atoms with E-state index in [9.17, 15) is 39.6 Å². The molecule has 6 heterocycles. The number of aliphatic carboxylic acids is 2. The van der Waals surface area contributed by atoms with E-state index < -0.39 is 23.9 Å². The summed E-state index contributed by atoms with van der Waals surface area (Å²) in [5.74, 6) is -3.92. The zero-order valence-electron chi connectivity index (χ0n) is 22.1. The highest BCUT2D eigenvalue weighted by Crippen LogP contribution is 2.48. The van der Waals surface area contributed by atoms with Crippen LogP contribution in [0.2, 0.25) is 0 Å². The van der Waals surface area contributed by atoms with E-state index in [0.29, 0.717) is 11.1 Å². The molecule has 4 N–H and O–H groups in total. The highest BCUT2D eigenvalue weighted by atomic mass is 32.1. The number of carboxylic acids is 4. The highest BCUT2D eigenvalue weighted by molar-refractivity contribution is 7.30. The SMILES string of the molecule is O=C(O)Cc1cc(-c2ccc(C(=O)O)s2)sc1-c1ccc(-c2ccc(-c3sc(-c4ccc(C(=O)O)s4)cc3CC(=O)O)s2)s1. The van der Waals surface area contributed by atoms with Gasteiger partial charge in [0.05, 0.1) is 12.8 Å². The topological polar surface area (TPSA) is 149 Å². The molecule has 44 heavy (non-hydrogen) atoms. The van der Waals surface area contributed by atoms with Gasteiger partial charge in [-0.2, -0.15) is 0 Å². The number of rotatable bonds is 11. The van der Waals surface area contributed by atoms with Gasteiger partial charge >= 0.3 is 23.9 Å². The Labute approximate surface area is 273 Å². The second-order valence-electron chi connectivity index (χ2n) is 9.34. The summed E-state index contributed by atoms with van der Waals surface area (Å²) < 4.78 is 0. The van der Waals surface area contributed by atoms with Crippen molar-refractivity contribution in [3.63, 3.8) is 0 Å². The first-order valence-electron chi connectivity index (χ1n) is 12.6. The monoisotopic (exact) mass is 698 g/mol. The summed E-state index contributed by atoms with van der Waals surface area (Å²) in [5, 5.41) is 37.7. The van der Waals surface area contributed by atoms with Crippen molar-refractivity contribution >= 4 is 91.9 Å². The lowest BCUT2D eigenvalue weighted by molar-refractivity contribution is -0.137. The number of carboxylic acid groups (broad SMARTS) is 4. The fraction of sp³-hybridized carbons (Fsp3) is 0.0667. The first-order chi connectivity index (χ1) is 21.0. The molecule has 0 aliphatic heterocycles. The maximum absolute atomic E-state index is 11.6. The Morgan fingerprint density at radius 3 is 1.11 bits per heavy atom. The molecule has 0 spiro atoms. The zero-order chi connectivity index (χ0) is 31.1. The molecule has 0 atom stereocenters. The number of hydrogen-bond donors (Lipinski definition) is 4. The molecule has 0 bridgehead atoms. The minimum absolute atomic E-state index is 0.162. The molecule has 0 saturated carbocycles. The van der Waals surface area contributed by atoms with Crippen molar-refractivity contribution in [3.05, 3.63) is 81.5 Å². The maximum atomic E-state index is 11.6. The van der Waals surface area contributed by atoms with Crippen LogP contribution in [0.4, 0.5) is 0 Å². The maximum Gasteiger partial charge on any atom is 0.345 e. The molecular formula is C30H18O8S6. The Kier molecular flexibility index (Phi) is 8.37. The standard InChI is InChI=1S/C30H18O8S6/c31-25(32)11-13-9-23(17-3-7-21(41-17)29(35)36)43-27(13)19-5-1-15(39-19)16-2-6-20(40-16)28-14(12-26(33)34)10-24(44-28)18-4-8-22(42-18)30(37)38/h1-10H,11-12H2,(H,31,32)(H,33,34)(H,35,36)(H,37,38). The van der Waals surface area contributed by atoms with E-state index in [0.717, 1.165) is 71.4 Å². The number of thiophene rings is 6. The van der Waals surface area contributed by atoms with E-state index in [-0.39, 0.29) is 22.6 Å². The van der Waals surface area contributed by atoms with Crippen LogP contribution in [-0.4, -0.2) is 44.3 Å². The fourth-order valence-corrected chi connectivity index (χ4v) is 11.1. The summed E-state index contributed by atoms with van der Waals surface area (Å²) >= 11 is 8.21. The Morgan fingerprint density at radius 1 is 0.432 bits per heavy atom. The Bertz CT molecular complexity index is 1920. The summed E-state index contributed by atoms with van der Waals surface area (Å²) in [7, 11) is 0. The first kappa shape index (κ1) is 30.1. The predicted molar refractivity (Wildman–Crippen MR) is 177 cm³/mol. The third-order valence-corrected chi connectivity index (χ3v) is 13.9. The molecule has 14 heteroatoms. The van der Waals surface area contributed by atoms with E-state index in [2.05, 4.69) is 0 Å². The predicted octanol–water partition coefficient (Wildman–Crippen LogP) is 9.04. The minimum Gasteiger partial charge on any atom is -0.481 e. The van der Waals surface area contributed by atoms with Crippen molar-refractivity contribution in [3.8, 4) is 48.8 Å². The lowest BCUT2D eigenvalue weighted by Crippen LogP contribution is -1.99. The smallest absolute Gasteiger partial charge is 0.345 e. The third-order valence-electron chi connectivity index (χ3n) is 6.32. The van der Waals surface area contributed by atoms with Gasteiger partial charge < -0.3 is 20.4 Å². The van der Waals surface area contributed by atoms with Gasteiger partial charge in [-0.05, 0) is 71.8 Å². The molecule has 0 amide bonds. The van der Waals surface area contributed by atoms with Crippen LogP contribution in [0.1, 0.15) is 30.5 Å². The minimum atomic E-state index is -1.00. The lowest BCUT2D eigenvalue weighted by atomic mass is 10.1. The van der Waals surface area contributed by atoms with E-state index in [1.165, 1.54) is 45.3 Å². The number of carbonyl (C=O) groups is 4. The molecule has 0 aliphatic carbocycles. The second kappa shape index (κ2) is 12.2. The highest BCUT2D eigenvalue weighted by Gasteiger charge is 2.21. The van der Waals surface area contributed by atoms with Gasteiger partial charge in [0.2, 0.25) is 0 Å². The van der Waals surface area contributed by atoms with Crippen LogP contribution < -0.4 is 0 Å². The average molecular weight is 699 g/mol. The van der Waals surface area contributed by atoms with E-state index in [1.807, 2.05) is 36.4 Å². The molecular weight excluding hydrogens is 681 g/mol. The van der Waals surface area contributed by atoms with Gasteiger partial charge in [0.25, 0.3) is 0 Å². The molecule has 6 aromatic heterocycles. The molecule has 0 aliphatic rings. The van der Waals surface area contributed by atoms with Crippen LogP contribution in [-0.2, 0) is 22.4 Å². The lowest BCUT2D eigenvalue weighted by Gasteiger charge is -1.98. The van der Waals surface area contributed by atoms with Crippen molar-refractivity contribution < 1.29 is 39.6 Å². The van der Waals surface area contributed by atoms with Gasteiger partial charge in [-0.25, -0.2) is 9.59 Å². The molecule has 0 unspecified atom stereocenters. The van der Waals surface area contributed by atoms with Crippen LogP contribution in [0.5, 0.6) is 0 Å². The summed E-state index contributed by atoms with van der Waals surface area (Å²) in [4.78, 5) is 55.0. The molecule has 0 fully saturated rings. The fourth-order valence-electron chi connectivity index (χ4n) is 4.46. The zero-order valence-corrected chi connectivity index (χ0v) is 27.0. The Hall–Kier alpha value is -3.92. The van der Waals surface area contributed by atoms with Gasteiger partial charge in [-0.3, -0.25) is 9.59 Å². The van der Waals surface area contributed by atoms with Gasteiger partial charge in [0.1, 0.15) is 9.75 Å². The van der Waals surface area contributed by atoms with Crippen molar-refractivity contribution in [2.24, 2.45) is 0 Å². The summed E-state index contributed by atoms with van der Waals surface area (Å²) in [6.45, 7) is 0. The van der Waals surface area contributed by atoms with Gasteiger partial charge in [-0.15, -0.1) is 68.0 Å². The van der Waals surface area contributed by atoms with Crippen molar-refractivity contribution in [2.45, 2.75) is 12.8 Å². The number of aromatic carboxylic acids is 2. The summed E-state index contributed by atoms with van der Waals surface area (Å²) in [5.41, 5.74) is 1.32. The molecule has 0 aromatic carbocycles. The molecule has 8 nitrogen and oxygen atoms in total. The Balaban J connectivity index is 1.32. The van der Waals surface area contributed by atoms with Crippen molar-refractivity contribution in [1.82, 2.24) is 0 Å². The third kappa shape index (κ3) is 6.18. The molecule has 0 radical (unpaired) electrons. The van der Waals surface area contributed by atoms with E-state index >= 15 is 0 Å². The molecule has 0 saturated heterocycles. The quantitative estimate of drug-likeness (QED) is 0.105. The second-order valence-corrected chi connectivity index (χ2v) is 15.8. The average Bonchev–Trinajstić information content (AvgIpc) is 3.79. The normalized spacial score (nSPS) is 11.2. The van der Waals surface area contributed by atoms with Crippen LogP contribution in [0, 0.1) is 0 Å². The van der Waals surface area contributed by atoms with Crippen molar-refractivity contribution in [2.75, 3.05) is 0 Å². The Morgan fingerprint density at radius 2 is 0.773 bits per heavy atom. The summed E-state index contributed by atoms with van der Waals surface area (Å²) in [6, 6.07) is 18.1. The molecule has 6 rings (SSSR count).